The first-order valence-electron chi connectivity index (χ1n) is 6.48. The molecule has 0 amide bonds. The molecule has 0 fully saturated rings. The molecule has 2 aromatic heterocycles. The first kappa shape index (κ1) is 15.8. The van der Waals surface area contributed by atoms with Gasteiger partial charge in [-0.3, -0.25) is 4.57 Å². The van der Waals surface area contributed by atoms with Gasteiger partial charge in [-0.25, -0.2) is 8.42 Å². The molecule has 0 atom stereocenters. The van der Waals surface area contributed by atoms with E-state index in [1.54, 1.807) is 0 Å². The Labute approximate surface area is 127 Å². The van der Waals surface area contributed by atoms with Gasteiger partial charge >= 0.3 is 0 Å². The zero-order valence-electron chi connectivity index (χ0n) is 12.2. The van der Waals surface area contributed by atoms with Crippen molar-refractivity contribution in [1.82, 2.24) is 25.0 Å². The summed E-state index contributed by atoms with van der Waals surface area (Å²) in [6, 6.07) is 1.65. The average molecular weight is 330 g/mol. The zero-order chi connectivity index (χ0) is 15.8. The summed E-state index contributed by atoms with van der Waals surface area (Å²) >= 11 is 0. The fraction of sp³-hybridized carbons (Fsp3) is 0.500. The number of aromatic nitrogens is 5. The Morgan fingerprint density at radius 1 is 1.24 bits per heavy atom. The molecule has 0 N–H and O–H groups in total. The second-order valence-corrected chi connectivity index (χ2v) is 7.37. The molecule has 21 heavy (non-hydrogen) atoms. The van der Waals surface area contributed by atoms with Gasteiger partial charge in [-0.05, 0) is 33.3 Å². The van der Waals surface area contributed by atoms with Gasteiger partial charge in [0.05, 0.1) is 11.4 Å². The van der Waals surface area contributed by atoms with Crippen molar-refractivity contribution in [2.75, 3.05) is 0 Å². The maximum absolute atomic E-state index is 11.6. The summed E-state index contributed by atoms with van der Waals surface area (Å²) in [6.07, 6.45) is 0.649. The van der Waals surface area contributed by atoms with Gasteiger partial charge in [0.25, 0.3) is 14.2 Å². The smallest absolute Gasteiger partial charge is 0.294 e. The molecule has 0 aliphatic carbocycles. The minimum absolute atomic E-state index is 0.170. The highest BCUT2D eigenvalue weighted by atomic mass is 35.7. The van der Waals surface area contributed by atoms with Crippen molar-refractivity contribution in [3.63, 3.8) is 0 Å². The molecule has 0 saturated heterocycles. The van der Waals surface area contributed by atoms with Crippen LogP contribution in [-0.2, 0) is 15.5 Å². The Kier molecular flexibility index (Phi) is 4.29. The summed E-state index contributed by atoms with van der Waals surface area (Å²) in [5.74, 6) is 0.430. The van der Waals surface area contributed by atoms with Gasteiger partial charge in [0.2, 0.25) is 0 Å². The summed E-state index contributed by atoms with van der Waals surface area (Å²) in [5, 5.41) is 15.6. The fourth-order valence-electron chi connectivity index (χ4n) is 2.06. The lowest BCUT2D eigenvalue weighted by Gasteiger charge is -2.14. The van der Waals surface area contributed by atoms with Gasteiger partial charge in [-0.15, -0.1) is 10.2 Å². The minimum Gasteiger partial charge on any atom is -0.294 e. The molecular formula is C12H16ClN5O2S. The summed E-state index contributed by atoms with van der Waals surface area (Å²) in [6.45, 7) is 7.43. The minimum atomic E-state index is -3.97. The second kappa shape index (κ2) is 5.69. The molecular weight excluding hydrogens is 314 g/mol. The largest absolute Gasteiger partial charge is 0.296 e. The second-order valence-electron chi connectivity index (χ2n) is 4.91. The predicted octanol–water partition coefficient (Wildman–Crippen LogP) is 2.11. The summed E-state index contributed by atoms with van der Waals surface area (Å²) in [5.41, 5.74) is 2.17. The van der Waals surface area contributed by atoms with Gasteiger partial charge in [-0.2, -0.15) is 10.2 Å². The van der Waals surface area contributed by atoms with Crippen LogP contribution in [0.3, 0.4) is 0 Å². The number of hydrogen-bond donors (Lipinski definition) is 0. The van der Waals surface area contributed by atoms with Crippen molar-refractivity contribution in [3.8, 4) is 11.4 Å². The Morgan fingerprint density at radius 3 is 2.43 bits per heavy atom. The first-order chi connectivity index (χ1) is 9.75. The predicted molar refractivity (Wildman–Crippen MR) is 78.6 cm³/mol. The van der Waals surface area contributed by atoms with Crippen molar-refractivity contribution in [1.29, 1.82) is 0 Å². The topological polar surface area (TPSA) is 90.6 Å². The quantitative estimate of drug-likeness (QED) is 0.798. The highest BCUT2D eigenvalue weighted by Gasteiger charge is 2.26. The van der Waals surface area contributed by atoms with E-state index >= 15 is 0 Å². The van der Waals surface area contributed by atoms with Gasteiger partial charge < -0.3 is 0 Å². The molecule has 0 bridgehead atoms. The van der Waals surface area contributed by atoms with Gasteiger partial charge in [0.15, 0.2) is 5.82 Å². The maximum Gasteiger partial charge on any atom is 0.296 e. The lowest BCUT2D eigenvalue weighted by Crippen LogP contribution is -2.11. The Bertz CT molecular complexity index is 770. The van der Waals surface area contributed by atoms with Crippen LogP contribution in [0.15, 0.2) is 11.2 Å². The SMILES string of the molecule is CCc1nnc(C)cc1-c1nnc(S(=O)(=O)Cl)n1C(C)C. The fourth-order valence-corrected chi connectivity index (χ4v) is 3.05. The molecule has 2 heterocycles. The molecule has 0 unspecified atom stereocenters. The van der Waals surface area contributed by atoms with Gasteiger partial charge in [0, 0.05) is 22.3 Å². The van der Waals surface area contributed by atoms with Crippen LogP contribution in [0.2, 0.25) is 0 Å². The van der Waals surface area contributed by atoms with E-state index in [1.807, 2.05) is 33.8 Å². The maximum atomic E-state index is 11.6. The number of halogens is 1. The number of aryl methyl sites for hydroxylation is 2. The molecule has 7 nitrogen and oxygen atoms in total. The first-order valence-corrected chi connectivity index (χ1v) is 8.79. The van der Waals surface area contributed by atoms with Gasteiger partial charge in [0.1, 0.15) is 0 Å². The summed E-state index contributed by atoms with van der Waals surface area (Å²) in [7, 11) is 1.46. The molecule has 0 aliphatic heterocycles. The summed E-state index contributed by atoms with van der Waals surface area (Å²) in [4.78, 5) is 0. The number of hydrogen-bond acceptors (Lipinski definition) is 6. The van der Waals surface area contributed by atoms with Crippen LogP contribution >= 0.6 is 10.7 Å². The summed E-state index contributed by atoms with van der Waals surface area (Å²) < 4.78 is 24.8. The van der Waals surface area contributed by atoms with Crippen LogP contribution in [-0.4, -0.2) is 33.4 Å². The lowest BCUT2D eigenvalue weighted by molar-refractivity contribution is 0.530. The van der Waals surface area contributed by atoms with Crippen LogP contribution in [0.5, 0.6) is 0 Å². The van der Waals surface area contributed by atoms with E-state index in [0.29, 0.717) is 12.2 Å². The molecule has 9 heteroatoms. The van der Waals surface area contributed by atoms with Crippen molar-refractivity contribution >= 4 is 19.7 Å². The highest BCUT2D eigenvalue weighted by Crippen LogP contribution is 2.28. The Balaban J connectivity index is 2.77. The van der Waals surface area contributed by atoms with E-state index in [0.717, 1.165) is 17.0 Å². The molecule has 2 rings (SSSR count). The van der Waals surface area contributed by atoms with Crippen LogP contribution in [0.4, 0.5) is 0 Å². The third kappa shape index (κ3) is 3.06. The average Bonchev–Trinajstić information content (AvgIpc) is 2.83. The molecule has 0 saturated carbocycles. The molecule has 0 aromatic carbocycles. The van der Waals surface area contributed by atoms with E-state index in [-0.39, 0.29) is 11.2 Å². The van der Waals surface area contributed by atoms with E-state index in [9.17, 15) is 8.42 Å². The van der Waals surface area contributed by atoms with Crippen LogP contribution in [0.1, 0.15) is 38.2 Å². The molecule has 114 valence electrons. The monoisotopic (exact) mass is 329 g/mol. The number of rotatable bonds is 4. The van der Waals surface area contributed by atoms with Gasteiger partial charge in [-0.1, -0.05) is 6.92 Å². The lowest BCUT2D eigenvalue weighted by atomic mass is 10.1. The van der Waals surface area contributed by atoms with E-state index in [4.69, 9.17) is 10.7 Å². The van der Waals surface area contributed by atoms with E-state index in [2.05, 4.69) is 20.4 Å². The van der Waals surface area contributed by atoms with Crippen molar-refractivity contribution < 1.29 is 8.42 Å². The highest BCUT2D eigenvalue weighted by molar-refractivity contribution is 8.13. The molecule has 0 radical (unpaired) electrons. The van der Waals surface area contributed by atoms with Crippen LogP contribution in [0.25, 0.3) is 11.4 Å². The molecule has 0 aliphatic rings. The van der Waals surface area contributed by atoms with Crippen molar-refractivity contribution in [2.45, 2.75) is 45.3 Å². The number of nitrogens with zero attached hydrogens (tertiary/aromatic N) is 5. The van der Waals surface area contributed by atoms with E-state index < -0.39 is 9.05 Å². The van der Waals surface area contributed by atoms with Crippen LogP contribution < -0.4 is 0 Å². The third-order valence-electron chi connectivity index (χ3n) is 2.97. The Hall–Kier alpha value is -1.54. The Morgan fingerprint density at radius 2 is 1.90 bits per heavy atom. The van der Waals surface area contributed by atoms with Crippen LogP contribution in [0, 0.1) is 6.92 Å². The van der Waals surface area contributed by atoms with Crippen molar-refractivity contribution in [3.05, 3.63) is 17.5 Å². The standard InChI is InChI=1S/C12H16ClN5O2S/c1-5-10-9(6-8(4)14-15-10)11-16-17-12(21(13,19)20)18(11)7(2)3/h6-7H,5H2,1-4H3. The third-order valence-corrected chi connectivity index (χ3v) is 4.10. The van der Waals surface area contributed by atoms with E-state index in [1.165, 1.54) is 4.57 Å². The molecule has 0 spiro atoms. The normalized spacial score (nSPS) is 12.1. The molecule has 2 aromatic rings. The zero-order valence-corrected chi connectivity index (χ0v) is 13.8. The van der Waals surface area contributed by atoms with Crippen molar-refractivity contribution in [2.24, 2.45) is 0 Å².